The van der Waals surface area contributed by atoms with Crippen molar-refractivity contribution in [1.82, 2.24) is 14.7 Å². The second-order valence-electron chi connectivity index (χ2n) is 5.82. The van der Waals surface area contributed by atoms with Gasteiger partial charge in [0.25, 0.3) is 5.91 Å². The lowest BCUT2D eigenvalue weighted by Crippen LogP contribution is -2.41. The van der Waals surface area contributed by atoms with Crippen LogP contribution < -0.4 is 5.32 Å². The van der Waals surface area contributed by atoms with Crippen LogP contribution in [-0.2, 0) is 5.54 Å². The van der Waals surface area contributed by atoms with E-state index in [9.17, 15) is 9.18 Å². The molecular weight excluding hydrogens is 361 g/mol. The standard InChI is InChI=1S/C17H15BrFN3O/c1-17(2,11-3-6-13(19)7-4-11)21-16(23)14-10-22-9-12(18)5-8-15(22)20-14/h3-10H,1-2H3,(H,21,23). The number of rotatable bonds is 3. The quantitative estimate of drug-likeness (QED) is 0.754. The largest absolute Gasteiger partial charge is 0.342 e. The van der Waals surface area contributed by atoms with Crippen LogP contribution >= 0.6 is 15.9 Å². The van der Waals surface area contributed by atoms with Gasteiger partial charge < -0.3 is 9.72 Å². The SMILES string of the molecule is CC(C)(NC(=O)c1cn2cc(Br)ccc2n1)c1ccc(F)cc1. The Balaban J connectivity index is 1.85. The van der Waals surface area contributed by atoms with E-state index in [-0.39, 0.29) is 11.7 Å². The summed E-state index contributed by atoms with van der Waals surface area (Å²) in [6.07, 6.45) is 3.51. The number of hydrogen-bond acceptors (Lipinski definition) is 2. The molecule has 4 nitrogen and oxygen atoms in total. The number of carbonyl (C=O) groups excluding carboxylic acids is 1. The molecule has 0 saturated carbocycles. The van der Waals surface area contributed by atoms with Crippen molar-refractivity contribution in [3.8, 4) is 0 Å². The number of halogens is 2. The molecule has 6 heteroatoms. The van der Waals surface area contributed by atoms with Crippen molar-refractivity contribution < 1.29 is 9.18 Å². The zero-order valence-electron chi connectivity index (χ0n) is 12.7. The van der Waals surface area contributed by atoms with Gasteiger partial charge in [0.2, 0.25) is 0 Å². The maximum absolute atomic E-state index is 13.0. The number of amides is 1. The molecule has 0 aliphatic carbocycles. The van der Waals surface area contributed by atoms with E-state index >= 15 is 0 Å². The molecule has 118 valence electrons. The van der Waals surface area contributed by atoms with E-state index in [4.69, 9.17) is 0 Å². The Morgan fingerprint density at radius 1 is 1.17 bits per heavy atom. The monoisotopic (exact) mass is 375 g/mol. The lowest BCUT2D eigenvalue weighted by atomic mass is 9.94. The first kappa shape index (κ1) is 15.7. The Morgan fingerprint density at radius 3 is 2.57 bits per heavy atom. The number of carbonyl (C=O) groups is 1. The van der Waals surface area contributed by atoms with Gasteiger partial charge in [-0.05, 0) is 59.6 Å². The van der Waals surface area contributed by atoms with Crippen LogP contribution in [-0.4, -0.2) is 15.3 Å². The highest BCUT2D eigenvalue weighted by Gasteiger charge is 2.24. The molecule has 0 saturated heterocycles. The maximum atomic E-state index is 13.0. The third-order valence-corrected chi connectivity index (χ3v) is 4.11. The zero-order valence-corrected chi connectivity index (χ0v) is 14.3. The van der Waals surface area contributed by atoms with Gasteiger partial charge in [-0.2, -0.15) is 0 Å². The molecular formula is C17H15BrFN3O. The van der Waals surface area contributed by atoms with Crippen molar-refractivity contribution in [2.24, 2.45) is 0 Å². The van der Waals surface area contributed by atoms with Gasteiger partial charge in [-0.15, -0.1) is 0 Å². The van der Waals surface area contributed by atoms with Crippen molar-refractivity contribution >= 4 is 27.5 Å². The summed E-state index contributed by atoms with van der Waals surface area (Å²) < 4.78 is 15.7. The first-order chi connectivity index (χ1) is 10.8. The van der Waals surface area contributed by atoms with Gasteiger partial charge in [0, 0.05) is 16.9 Å². The van der Waals surface area contributed by atoms with Crippen molar-refractivity contribution in [3.05, 3.63) is 70.3 Å². The number of fused-ring (bicyclic) bond motifs is 1. The molecule has 2 aromatic heterocycles. The number of imidazole rings is 1. The summed E-state index contributed by atoms with van der Waals surface area (Å²) in [6, 6.07) is 9.78. The fourth-order valence-corrected chi connectivity index (χ4v) is 2.71. The van der Waals surface area contributed by atoms with E-state index in [0.717, 1.165) is 10.0 Å². The number of nitrogens with one attached hydrogen (secondary N) is 1. The van der Waals surface area contributed by atoms with Crippen molar-refractivity contribution in [1.29, 1.82) is 0 Å². The van der Waals surface area contributed by atoms with Gasteiger partial charge >= 0.3 is 0 Å². The summed E-state index contributed by atoms with van der Waals surface area (Å²) in [4.78, 5) is 16.8. The Bertz CT molecular complexity index is 871. The first-order valence-corrected chi connectivity index (χ1v) is 7.87. The molecule has 0 unspecified atom stereocenters. The lowest BCUT2D eigenvalue weighted by molar-refractivity contribution is 0.0907. The second kappa shape index (κ2) is 5.77. The maximum Gasteiger partial charge on any atom is 0.272 e. The van der Waals surface area contributed by atoms with Crippen molar-refractivity contribution in [2.45, 2.75) is 19.4 Å². The molecule has 0 aliphatic rings. The van der Waals surface area contributed by atoms with Crippen molar-refractivity contribution in [3.63, 3.8) is 0 Å². The number of aromatic nitrogens is 2. The van der Waals surface area contributed by atoms with Crippen LogP contribution in [0.3, 0.4) is 0 Å². The predicted molar refractivity (Wildman–Crippen MR) is 89.8 cm³/mol. The molecule has 1 aromatic carbocycles. The molecule has 0 spiro atoms. The number of hydrogen-bond donors (Lipinski definition) is 1. The van der Waals surface area contributed by atoms with Gasteiger partial charge in [-0.25, -0.2) is 9.37 Å². The minimum Gasteiger partial charge on any atom is -0.342 e. The van der Waals surface area contributed by atoms with E-state index in [2.05, 4.69) is 26.2 Å². The van der Waals surface area contributed by atoms with E-state index < -0.39 is 5.54 Å². The summed E-state index contributed by atoms with van der Waals surface area (Å²) in [5, 5.41) is 2.93. The second-order valence-corrected chi connectivity index (χ2v) is 6.74. The molecule has 0 atom stereocenters. The van der Waals surface area contributed by atoms with Gasteiger partial charge in [0.15, 0.2) is 0 Å². The van der Waals surface area contributed by atoms with Gasteiger partial charge in [0.05, 0.1) is 5.54 Å². The van der Waals surface area contributed by atoms with Crippen LogP contribution in [0.5, 0.6) is 0 Å². The third-order valence-electron chi connectivity index (χ3n) is 3.64. The molecule has 1 amide bonds. The third kappa shape index (κ3) is 3.27. The Morgan fingerprint density at radius 2 is 1.87 bits per heavy atom. The molecule has 0 aliphatic heterocycles. The normalized spacial score (nSPS) is 11.7. The van der Waals surface area contributed by atoms with Crippen LogP contribution in [0.25, 0.3) is 5.65 Å². The van der Waals surface area contributed by atoms with Crippen LogP contribution in [0.1, 0.15) is 29.9 Å². The average Bonchev–Trinajstić information content (AvgIpc) is 2.90. The molecule has 0 radical (unpaired) electrons. The Hall–Kier alpha value is -2.21. The minimum atomic E-state index is -0.638. The Labute approximate surface area is 141 Å². The summed E-state index contributed by atoms with van der Waals surface area (Å²) in [5.41, 5.74) is 1.20. The zero-order chi connectivity index (χ0) is 16.6. The number of nitrogens with zero attached hydrogens (tertiary/aromatic N) is 2. The fraction of sp³-hybridized carbons (Fsp3) is 0.176. The molecule has 1 N–H and O–H groups in total. The smallest absolute Gasteiger partial charge is 0.272 e. The van der Waals surface area contributed by atoms with Crippen molar-refractivity contribution in [2.75, 3.05) is 0 Å². The summed E-state index contributed by atoms with van der Waals surface area (Å²) >= 11 is 3.38. The fourth-order valence-electron chi connectivity index (χ4n) is 2.36. The molecule has 3 aromatic rings. The number of pyridine rings is 1. The highest BCUT2D eigenvalue weighted by atomic mass is 79.9. The number of benzene rings is 1. The van der Waals surface area contributed by atoms with Crippen LogP contribution in [0.4, 0.5) is 4.39 Å². The van der Waals surface area contributed by atoms with E-state index in [1.165, 1.54) is 12.1 Å². The van der Waals surface area contributed by atoms with E-state index in [0.29, 0.717) is 11.3 Å². The van der Waals surface area contributed by atoms with E-state index in [1.54, 1.807) is 22.7 Å². The predicted octanol–water partition coefficient (Wildman–Crippen LogP) is 3.90. The van der Waals surface area contributed by atoms with Crippen LogP contribution in [0.2, 0.25) is 0 Å². The van der Waals surface area contributed by atoms with Gasteiger partial charge in [0.1, 0.15) is 17.2 Å². The average molecular weight is 376 g/mol. The molecule has 0 fully saturated rings. The highest BCUT2D eigenvalue weighted by Crippen LogP contribution is 2.21. The van der Waals surface area contributed by atoms with Gasteiger partial charge in [-0.3, -0.25) is 4.79 Å². The highest BCUT2D eigenvalue weighted by molar-refractivity contribution is 9.10. The first-order valence-electron chi connectivity index (χ1n) is 7.08. The molecule has 3 rings (SSSR count). The summed E-state index contributed by atoms with van der Waals surface area (Å²) in [7, 11) is 0. The molecule has 0 bridgehead atoms. The lowest BCUT2D eigenvalue weighted by Gasteiger charge is -2.26. The molecule has 23 heavy (non-hydrogen) atoms. The summed E-state index contributed by atoms with van der Waals surface area (Å²) in [6.45, 7) is 3.73. The summed E-state index contributed by atoms with van der Waals surface area (Å²) in [5.74, 6) is -0.582. The van der Waals surface area contributed by atoms with E-state index in [1.807, 2.05) is 32.2 Å². The van der Waals surface area contributed by atoms with Crippen LogP contribution in [0, 0.1) is 5.82 Å². The van der Waals surface area contributed by atoms with Crippen LogP contribution in [0.15, 0.2) is 53.3 Å². The topological polar surface area (TPSA) is 46.4 Å². The minimum absolute atomic E-state index is 0.279. The Kier molecular flexibility index (Phi) is 3.93. The van der Waals surface area contributed by atoms with Gasteiger partial charge in [-0.1, -0.05) is 12.1 Å². The molecule has 2 heterocycles.